The van der Waals surface area contributed by atoms with Gasteiger partial charge in [-0.15, -0.1) is 10.2 Å². The molecular formula is C32H33BrN4O3. The molecule has 0 aliphatic heterocycles. The Bertz CT molecular complexity index is 1490. The molecule has 2 aliphatic rings. The van der Waals surface area contributed by atoms with Crippen molar-refractivity contribution < 1.29 is 14.0 Å². The summed E-state index contributed by atoms with van der Waals surface area (Å²) in [6.45, 7) is 0. The maximum atomic E-state index is 12.9. The van der Waals surface area contributed by atoms with Crippen LogP contribution in [0, 0.1) is 0 Å². The van der Waals surface area contributed by atoms with Crippen LogP contribution in [0.2, 0.25) is 0 Å². The lowest BCUT2D eigenvalue weighted by Crippen LogP contribution is -2.37. The van der Waals surface area contributed by atoms with Crippen molar-refractivity contribution in [1.29, 1.82) is 0 Å². The number of amides is 2. The molecule has 4 aromatic rings. The first-order chi connectivity index (χ1) is 19.5. The van der Waals surface area contributed by atoms with Crippen LogP contribution in [-0.4, -0.2) is 34.1 Å². The van der Waals surface area contributed by atoms with Crippen LogP contribution in [0.4, 0.5) is 0 Å². The van der Waals surface area contributed by atoms with Gasteiger partial charge in [0.2, 0.25) is 11.8 Å². The van der Waals surface area contributed by atoms with Gasteiger partial charge >= 0.3 is 0 Å². The van der Waals surface area contributed by atoms with E-state index in [4.69, 9.17) is 4.42 Å². The zero-order valence-corrected chi connectivity index (χ0v) is 23.9. The first-order valence-corrected chi connectivity index (χ1v) is 15.0. The highest BCUT2D eigenvalue weighted by molar-refractivity contribution is 9.10. The second-order valence-electron chi connectivity index (χ2n) is 11.1. The van der Waals surface area contributed by atoms with Gasteiger partial charge in [-0.1, -0.05) is 46.3 Å². The summed E-state index contributed by atoms with van der Waals surface area (Å²) in [6.07, 6.45) is 7.24. The summed E-state index contributed by atoms with van der Waals surface area (Å²) in [5.74, 6) is 1.87. The molecule has 2 N–H and O–H groups in total. The fourth-order valence-corrected chi connectivity index (χ4v) is 6.28. The molecule has 3 aromatic carbocycles. The zero-order valence-electron chi connectivity index (χ0n) is 22.3. The molecule has 1 aromatic heterocycles. The van der Waals surface area contributed by atoms with Gasteiger partial charge < -0.3 is 15.1 Å². The number of halogens is 1. The van der Waals surface area contributed by atoms with Crippen molar-refractivity contribution in [3.8, 4) is 0 Å². The molecule has 0 spiro atoms. The second kappa shape index (κ2) is 11.9. The van der Waals surface area contributed by atoms with Crippen molar-refractivity contribution >= 4 is 38.5 Å². The van der Waals surface area contributed by atoms with E-state index in [-0.39, 0.29) is 35.7 Å². The second-order valence-corrected chi connectivity index (χ2v) is 12.0. The maximum absolute atomic E-state index is 12.9. The summed E-state index contributed by atoms with van der Waals surface area (Å²) < 4.78 is 7.14. The van der Waals surface area contributed by atoms with Crippen LogP contribution >= 0.6 is 15.9 Å². The number of aromatic nitrogens is 2. The molecule has 0 saturated heterocycles. The molecule has 0 unspecified atom stereocenters. The average Bonchev–Trinajstić information content (AvgIpc) is 3.48. The first kappa shape index (κ1) is 26.7. The third-order valence-electron chi connectivity index (χ3n) is 8.40. The highest BCUT2D eigenvalue weighted by Gasteiger charge is 2.31. The van der Waals surface area contributed by atoms with Crippen LogP contribution in [0.15, 0.2) is 75.6 Å². The van der Waals surface area contributed by atoms with Gasteiger partial charge in [0, 0.05) is 39.5 Å². The number of rotatable bonds is 6. The average molecular weight is 602 g/mol. The SMILES string of the molecule is O=C(NC1CCC(c2nnc(C3CCC(NC(=O)c4ccc5ccccc5c4)CC3)o2)CC1)c1ccc(Br)cc1. The topological polar surface area (TPSA) is 97.1 Å². The fraction of sp³-hybridized carbons (Fsp3) is 0.375. The highest BCUT2D eigenvalue weighted by atomic mass is 79.9. The van der Waals surface area contributed by atoms with E-state index in [0.717, 1.165) is 78.4 Å². The lowest BCUT2D eigenvalue weighted by molar-refractivity contribution is 0.0917. The molecule has 2 amide bonds. The van der Waals surface area contributed by atoms with Gasteiger partial charge in [-0.2, -0.15) is 0 Å². The van der Waals surface area contributed by atoms with Gasteiger partial charge in [0.1, 0.15) is 0 Å². The number of nitrogens with one attached hydrogen (secondary N) is 2. The molecular weight excluding hydrogens is 568 g/mol. The van der Waals surface area contributed by atoms with E-state index < -0.39 is 0 Å². The summed E-state index contributed by atoms with van der Waals surface area (Å²) in [5, 5.41) is 17.4. The van der Waals surface area contributed by atoms with E-state index in [0.29, 0.717) is 11.1 Å². The van der Waals surface area contributed by atoms with Crippen LogP contribution in [0.25, 0.3) is 10.8 Å². The lowest BCUT2D eigenvalue weighted by atomic mass is 9.85. The van der Waals surface area contributed by atoms with Crippen LogP contribution in [0.3, 0.4) is 0 Å². The molecule has 2 saturated carbocycles. The van der Waals surface area contributed by atoms with E-state index in [2.05, 4.69) is 42.8 Å². The predicted octanol–water partition coefficient (Wildman–Crippen LogP) is 6.90. The van der Waals surface area contributed by atoms with Crippen LogP contribution < -0.4 is 10.6 Å². The van der Waals surface area contributed by atoms with Gasteiger partial charge in [0.05, 0.1) is 0 Å². The molecule has 8 heteroatoms. The maximum Gasteiger partial charge on any atom is 0.251 e. The predicted molar refractivity (Wildman–Crippen MR) is 157 cm³/mol. The molecule has 6 rings (SSSR count). The number of hydrogen-bond acceptors (Lipinski definition) is 5. The number of hydrogen-bond donors (Lipinski definition) is 2. The number of benzene rings is 3. The van der Waals surface area contributed by atoms with Crippen molar-refractivity contribution in [3.05, 3.63) is 94.1 Å². The normalized spacial score (nSPS) is 23.0. The van der Waals surface area contributed by atoms with Gasteiger partial charge in [-0.3, -0.25) is 9.59 Å². The van der Waals surface area contributed by atoms with E-state index in [1.165, 1.54) is 0 Å². The lowest BCUT2D eigenvalue weighted by Gasteiger charge is -2.28. The largest absolute Gasteiger partial charge is 0.425 e. The smallest absolute Gasteiger partial charge is 0.251 e. The number of carbonyl (C=O) groups is 2. The van der Waals surface area contributed by atoms with E-state index in [9.17, 15) is 9.59 Å². The molecule has 2 aliphatic carbocycles. The van der Waals surface area contributed by atoms with Gasteiger partial charge in [-0.25, -0.2) is 0 Å². The summed E-state index contributed by atoms with van der Waals surface area (Å²) in [4.78, 5) is 25.4. The summed E-state index contributed by atoms with van der Waals surface area (Å²) in [7, 11) is 0. The van der Waals surface area contributed by atoms with Crippen molar-refractivity contribution in [2.24, 2.45) is 0 Å². The third-order valence-corrected chi connectivity index (χ3v) is 8.93. The van der Waals surface area contributed by atoms with Gasteiger partial charge in [0.25, 0.3) is 11.8 Å². The molecule has 0 atom stereocenters. The Balaban J connectivity index is 0.967. The van der Waals surface area contributed by atoms with Crippen molar-refractivity contribution in [3.63, 3.8) is 0 Å². The zero-order chi connectivity index (χ0) is 27.5. The first-order valence-electron chi connectivity index (χ1n) is 14.2. The molecule has 40 heavy (non-hydrogen) atoms. The van der Waals surface area contributed by atoms with Gasteiger partial charge in [-0.05, 0) is 98.5 Å². The minimum absolute atomic E-state index is 0.0158. The molecule has 7 nitrogen and oxygen atoms in total. The summed E-state index contributed by atoms with van der Waals surface area (Å²) in [6, 6.07) is 21.7. The summed E-state index contributed by atoms with van der Waals surface area (Å²) >= 11 is 3.41. The van der Waals surface area contributed by atoms with Crippen LogP contribution in [0.5, 0.6) is 0 Å². The Morgan fingerprint density at radius 2 is 1.15 bits per heavy atom. The van der Waals surface area contributed by atoms with Crippen molar-refractivity contribution in [1.82, 2.24) is 20.8 Å². The highest BCUT2D eigenvalue weighted by Crippen LogP contribution is 2.36. The Kier molecular flexibility index (Phi) is 7.96. The molecule has 0 radical (unpaired) electrons. The number of nitrogens with zero attached hydrogens (tertiary/aromatic N) is 2. The van der Waals surface area contributed by atoms with Crippen LogP contribution in [0.1, 0.15) is 95.7 Å². The Labute approximate surface area is 242 Å². The molecule has 2 fully saturated rings. The van der Waals surface area contributed by atoms with E-state index >= 15 is 0 Å². The van der Waals surface area contributed by atoms with Crippen molar-refractivity contribution in [2.75, 3.05) is 0 Å². The molecule has 0 bridgehead atoms. The van der Waals surface area contributed by atoms with E-state index in [1.807, 2.05) is 60.7 Å². The van der Waals surface area contributed by atoms with E-state index in [1.54, 1.807) is 0 Å². The fourth-order valence-electron chi connectivity index (χ4n) is 6.02. The third kappa shape index (κ3) is 6.12. The van der Waals surface area contributed by atoms with Crippen molar-refractivity contribution in [2.45, 2.75) is 75.3 Å². The quantitative estimate of drug-likeness (QED) is 0.251. The standard InChI is InChI=1S/C32H33BrN4O3/c33-26-13-7-21(8-14-26)29(38)34-27-15-9-22(10-16-27)31-36-37-32(40-31)23-11-17-28(18-12-23)35-30(39)25-6-5-20-3-1-2-4-24(20)19-25/h1-8,13-14,19,22-23,27-28H,9-12,15-18H2,(H,34,38)(H,35,39). The Morgan fingerprint density at radius 3 is 1.73 bits per heavy atom. The minimum atomic E-state index is -0.0277. The van der Waals surface area contributed by atoms with Crippen LogP contribution in [-0.2, 0) is 0 Å². The van der Waals surface area contributed by atoms with Gasteiger partial charge in [0.15, 0.2) is 0 Å². The Morgan fingerprint density at radius 1 is 0.650 bits per heavy atom. The number of carbonyl (C=O) groups excluding carboxylic acids is 2. The minimum Gasteiger partial charge on any atom is -0.425 e. The summed E-state index contributed by atoms with van der Waals surface area (Å²) in [5.41, 5.74) is 1.37. The number of fused-ring (bicyclic) bond motifs is 1. The Hall–Kier alpha value is -3.52. The molecule has 1 heterocycles. The monoisotopic (exact) mass is 600 g/mol. The molecule has 206 valence electrons.